The van der Waals surface area contributed by atoms with Crippen LogP contribution < -0.4 is 21.1 Å². The first-order valence-electron chi connectivity index (χ1n) is 8.00. The molecular weight excluding hydrogens is 314 g/mol. The fourth-order valence-corrected chi connectivity index (χ4v) is 2.72. The van der Waals surface area contributed by atoms with Gasteiger partial charge in [0.05, 0.1) is 11.6 Å². The molecule has 0 saturated heterocycles. The summed E-state index contributed by atoms with van der Waals surface area (Å²) < 4.78 is 0. The van der Waals surface area contributed by atoms with Crippen molar-refractivity contribution in [3.63, 3.8) is 0 Å². The minimum atomic E-state index is -0.523. The lowest BCUT2D eigenvalue weighted by molar-refractivity contribution is 1.00. The predicted octanol–water partition coefficient (Wildman–Crippen LogP) is 3.36. The Labute approximate surface area is 145 Å². The number of aryl methyl sites for hydroxylation is 1. The van der Waals surface area contributed by atoms with Crippen LogP contribution in [0.5, 0.6) is 0 Å². The molecule has 0 atom stereocenters. The van der Waals surface area contributed by atoms with Gasteiger partial charge in [-0.15, -0.1) is 0 Å². The van der Waals surface area contributed by atoms with Gasteiger partial charge in [-0.3, -0.25) is 9.59 Å². The van der Waals surface area contributed by atoms with Crippen LogP contribution in [-0.4, -0.2) is 6.54 Å². The number of hydrogen-bond acceptors (Lipinski definition) is 5. The van der Waals surface area contributed by atoms with Crippen LogP contribution in [0.1, 0.15) is 18.1 Å². The zero-order chi connectivity index (χ0) is 18.0. The van der Waals surface area contributed by atoms with Gasteiger partial charge in [0, 0.05) is 17.9 Å². The molecule has 5 nitrogen and oxygen atoms in total. The Hall–Kier alpha value is -3.39. The fourth-order valence-electron chi connectivity index (χ4n) is 2.72. The largest absolute Gasteiger partial charge is 0.350 e. The zero-order valence-corrected chi connectivity index (χ0v) is 14.0. The maximum atomic E-state index is 12.2. The van der Waals surface area contributed by atoms with Gasteiger partial charge in [0.2, 0.25) is 0 Å². The Morgan fingerprint density at radius 3 is 2.20 bits per heavy atom. The molecule has 0 amide bonds. The number of hydrogen-bond donors (Lipinski definition) is 1. The molecule has 3 aromatic carbocycles. The van der Waals surface area contributed by atoms with E-state index in [1.165, 1.54) is 0 Å². The first-order valence-corrected chi connectivity index (χ1v) is 8.00. The third kappa shape index (κ3) is 3.02. The van der Waals surface area contributed by atoms with Gasteiger partial charge < -0.3 is 10.2 Å². The molecule has 1 N–H and O–H groups in total. The van der Waals surface area contributed by atoms with Gasteiger partial charge >= 0.3 is 0 Å². The van der Waals surface area contributed by atoms with Crippen LogP contribution in [0.15, 0.2) is 58.1 Å². The van der Waals surface area contributed by atoms with Crippen molar-refractivity contribution in [3.05, 3.63) is 80.1 Å². The molecular formula is C20H17N3O2. The second kappa shape index (κ2) is 6.62. The highest BCUT2D eigenvalue weighted by molar-refractivity contribution is 5.83. The molecule has 25 heavy (non-hydrogen) atoms. The van der Waals surface area contributed by atoms with E-state index in [0.717, 1.165) is 11.3 Å². The summed E-state index contributed by atoms with van der Waals surface area (Å²) in [5.41, 5.74) is 2.84. The van der Waals surface area contributed by atoms with E-state index in [0.29, 0.717) is 23.5 Å². The van der Waals surface area contributed by atoms with E-state index in [2.05, 4.69) is 5.32 Å². The lowest BCUT2D eigenvalue weighted by atomic mass is 10.1. The molecule has 0 spiro atoms. The third-order valence-electron chi connectivity index (χ3n) is 4.10. The van der Waals surface area contributed by atoms with E-state index in [1.54, 1.807) is 24.3 Å². The van der Waals surface area contributed by atoms with E-state index in [9.17, 15) is 9.59 Å². The molecule has 0 fully saturated rings. The van der Waals surface area contributed by atoms with E-state index < -0.39 is 10.9 Å². The number of rotatable bonds is 5. The van der Waals surface area contributed by atoms with Crippen LogP contribution in [0.25, 0.3) is 0 Å². The lowest BCUT2D eigenvalue weighted by Crippen LogP contribution is -2.40. The van der Waals surface area contributed by atoms with Gasteiger partial charge in [0.1, 0.15) is 11.4 Å². The first-order chi connectivity index (χ1) is 12.0. The summed E-state index contributed by atoms with van der Waals surface area (Å²) >= 11 is 0. The topological polar surface area (TPSA) is 73.2 Å². The van der Waals surface area contributed by atoms with Crippen LogP contribution in [0, 0.1) is 18.3 Å². The molecule has 0 aliphatic carbocycles. The SMILES string of the molecule is CCN(c1ccc(C)cc1)c1c(Nc2ccc(C#N)cc2)c(=O)c1=O. The minimum absolute atomic E-state index is 0.289. The van der Waals surface area contributed by atoms with Crippen molar-refractivity contribution in [3.8, 4) is 6.07 Å². The number of nitrogens with zero attached hydrogens (tertiary/aromatic N) is 2. The van der Waals surface area contributed by atoms with Gasteiger partial charge in [0.25, 0.3) is 10.9 Å². The molecule has 0 saturated carbocycles. The van der Waals surface area contributed by atoms with Crippen molar-refractivity contribution in [1.82, 2.24) is 0 Å². The molecule has 124 valence electrons. The summed E-state index contributed by atoms with van der Waals surface area (Å²) in [5.74, 6) is 0. The standard InChI is InChI=1S/C20H17N3O2/c1-3-23(16-10-4-13(2)5-11-16)18-17(19(24)20(18)25)22-15-8-6-14(12-21)7-9-15/h4-11,22H,3H2,1-2H3. The summed E-state index contributed by atoms with van der Waals surface area (Å²) in [6.07, 6.45) is 0. The fraction of sp³-hybridized carbons (Fsp3) is 0.150. The van der Waals surface area contributed by atoms with E-state index in [1.807, 2.05) is 49.1 Å². The van der Waals surface area contributed by atoms with Gasteiger partial charge in [-0.05, 0) is 50.2 Å². The summed E-state index contributed by atoms with van der Waals surface area (Å²) in [7, 11) is 0. The molecule has 3 rings (SSSR count). The van der Waals surface area contributed by atoms with Gasteiger partial charge in [-0.1, -0.05) is 17.7 Å². The zero-order valence-electron chi connectivity index (χ0n) is 14.0. The molecule has 3 aromatic rings. The Bertz CT molecular complexity index is 1010. The van der Waals surface area contributed by atoms with Crippen LogP contribution in [0.2, 0.25) is 0 Å². The van der Waals surface area contributed by atoms with Crippen molar-refractivity contribution in [2.75, 3.05) is 16.8 Å². The summed E-state index contributed by atoms with van der Waals surface area (Å²) in [6, 6.07) is 16.6. The molecule has 0 heterocycles. The minimum Gasteiger partial charge on any atom is -0.350 e. The van der Waals surface area contributed by atoms with Crippen LogP contribution in [0.3, 0.4) is 0 Å². The highest BCUT2D eigenvalue weighted by Gasteiger charge is 2.26. The maximum absolute atomic E-state index is 12.2. The van der Waals surface area contributed by atoms with Gasteiger partial charge in [-0.25, -0.2) is 0 Å². The molecule has 0 bridgehead atoms. The predicted molar refractivity (Wildman–Crippen MR) is 99.7 cm³/mol. The molecule has 5 heteroatoms. The highest BCUT2D eigenvalue weighted by Crippen LogP contribution is 2.30. The molecule has 0 aromatic heterocycles. The van der Waals surface area contributed by atoms with E-state index in [-0.39, 0.29) is 5.69 Å². The number of anilines is 4. The van der Waals surface area contributed by atoms with Crippen molar-refractivity contribution < 1.29 is 0 Å². The van der Waals surface area contributed by atoms with Crippen LogP contribution >= 0.6 is 0 Å². The molecule has 0 unspecified atom stereocenters. The summed E-state index contributed by atoms with van der Waals surface area (Å²) in [4.78, 5) is 26.1. The van der Waals surface area contributed by atoms with Crippen molar-refractivity contribution in [2.45, 2.75) is 13.8 Å². The van der Waals surface area contributed by atoms with E-state index in [4.69, 9.17) is 5.26 Å². The normalized spacial score (nSPS) is 10.4. The first kappa shape index (κ1) is 16.5. The molecule has 0 aliphatic rings. The van der Waals surface area contributed by atoms with Crippen molar-refractivity contribution in [1.29, 1.82) is 5.26 Å². The van der Waals surface area contributed by atoms with Crippen molar-refractivity contribution in [2.24, 2.45) is 0 Å². The second-order valence-corrected chi connectivity index (χ2v) is 5.78. The van der Waals surface area contributed by atoms with Crippen molar-refractivity contribution >= 4 is 22.7 Å². The monoisotopic (exact) mass is 331 g/mol. The average Bonchev–Trinajstić information content (AvgIpc) is 2.65. The lowest BCUT2D eigenvalue weighted by Gasteiger charge is -2.26. The Morgan fingerprint density at radius 2 is 1.64 bits per heavy atom. The quantitative estimate of drug-likeness (QED) is 0.726. The summed E-state index contributed by atoms with van der Waals surface area (Å²) in [6.45, 7) is 4.49. The Balaban J connectivity index is 1.96. The highest BCUT2D eigenvalue weighted by atomic mass is 16.2. The van der Waals surface area contributed by atoms with Gasteiger partial charge in [0.15, 0.2) is 0 Å². The van der Waals surface area contributed by atoms with Crippen LogP contribution in [0.4, 0.5) is 22.7 Å². The van der Waals surface area contributed by atoms with Gasteiger partial charge in [-0.2, -0.15) is 5.26 Å². The number of nitriles is 1. The summed E-state index contributed by atoms with van der Waals surface area (Å²) in [5, 5.41) is 11.9. The molecule has 0 aliphatic heterocycles. The maximum Gasteiger partial charge on any atom is 0.253 e. The Kier molecular flexibility index (Phi) is 4.36. The number of nitrogens with one attached hydrogen (secondary N) is 1. The third-order valence-corrected chi connectivity index (χ3v) is 4.10. The Morgan fingerprint density at radius 1 is 1.00 bits per heavy atom. The van der Waals surface area contributed by atoms with Crippen LogP contribution in [-0.2, 0) is 0 Å². The average molecular weight is 331 g/mol. The molecule has 0 radical (unpaired) electrons. The van der Waals surface area contributed by atoms with E-state index >= 15 is 0 Å². The smallest absolute Gasteiger partial charge is 0.253 e. The number of benzene rings is 2. The second-order valence-electron chi connectivity index (χ2n) is 5.78.